The summed E-state index contributed by atoms with van der Waals surface area (Å²) < 4.78 is 0. The van der Waals surface area contributed by atoms with Crippen LogP contribution in [0.2, 0.25) is 0 Å². The molecule has 0 radical (unpaired) electrons. The molecule has 0 amide bonds. The highest BCUT2D eigenvalue weighted by atomic mass is 32.2. The molecule has 1 aliphatic heterocycles. The minimum absolute atomic E-state index is 0.664. The van der Waals surface area contributed by atoms with E-state index in [9.17, 15) is 0 Å². The summed E-state index contributed by atoms with van der Waals surface area (Å²) in [4.78, 5) is 8.91. The summed E-state index contributed by atoms with van der Waals surface area (Å²) in [6, 6.07) is 9.23. The number of likely N-dealkylation sites (tertiary alicyclic amines) is 1. The molecule has 4 nitrogen and oxygen atoms in total. The maximum atomic E-state index is 5.62. The van der Waals surface area contributed by atoms with Gasteiger partial charge in [-0.3, -0.25) is 4.99 Å². The Bertz CT molecular complexity index is 606. The molecule has 3 N–H and O–H groups in total. The van der Waals surface area contributed by atoms with E-state index in [2.05, 4.69) is 40.7 Å². The van der Waals surface area contributed by atoms with Gasteiger partial charge in [-0.15, -0.1) is 11.8 Å². The van der Waals surface area contributed by atoms with Crippen molar-refractivity contribution in [2.75, 3.05) is 42.7 Å². The second-order valence-electron chi connectivity index (χ2n) is 7.38. The van der Waals surface area contributed by atoms with Crippen LogP contribution in [0.5, 0.6) is 0 Å². The van der Waals surface area contributed by atoms with Crippen molar-refractivity contribution in [3.8, 4) is 0 Å². The molecule has 1 heterocycles. The highest BCUT2D eigenvalue weighted by molar-refractivity contribution is 7.99. The van der Waals surface area contributed by atoms with Crippen molar-refractivity contribution in [3.05, 3.63) is 24.3 Å². The molecule has 150 valence electrons. The quantitative estimate of drug-likeness (QED) is 0.302. The summed E-state index contributed by atoms with van der Waals surface area (Å²) in [5.41, 5.74) is 6.79. The molecule has 1 aromatic rings. The summed E-state index contributed by atoms with van der Waals surface area (Å²) in [5.74, 6) is 3.99. The van der Waals surface area contributed by atoms with Crippen LogP contribution in [0.3, 0.4) is 0 Å². The Labute approximate surface area is 173 Å². The Morgan fingerprint density at radius 1 is 1.19 bits per heavy atom. The van der Waals surface area contributed by atoms with E-state index in [1.165, 1.54) is 49.1 Å². The predicted molar refractivity (Wildman–Crippen MR) is 122 cm³/mol. The van der Waals surface area contributed by atoms with Gasteiger partial charge < -0.3 is 16.0 Å². The maximum absolute atomic E-state index is 5.62. The third kappa shape index (κ3) is 5.81. The van der Waals surface area contributed by atoms with Gasteiger partial charge in [-0.1, -0.05) is 25.0 Å². The number of nitrogens with two attached hydrogens (primary N) is 1. The first kappa shape index (κ1) is 20.9. The molecule has 0 spiro atoms. The number of piperidine rings is 1. The first-order valence-corrected chi connectivity index (χ1v) is 12.7. The van der Waals surface area contributed by atoms with Gasteiger partial charge >= 0.3 is 0 Å². The maximum Gasteiger partial charge on any atom is 0.198 e. The van der Waals surface area contributed by atoms with Gasteiger partial charge in [-0.05, 0) is 50.0 Å². The lowest BCUT2D eigenvalue weighted by atomic mass is 9.78. The first-order valence-electron chi connectivity index (χ1n) is 10.3. The molecule has 1 aliphatic carbocycles. The molecule has 2 aliphatic rings. The van der Waals surface area contributed by atoms with Crippen LogP contribution in [0.4, 0.5) is 5.69 Å². The van der Waals surface area contributed by atoms with Crippen molar-refractivity contribution in [1.82, 2.24) is 4.90 Å². The molecule has 2 atom stereocenters. The van der Waals surface area contributed by atoms with Crippen molar-refractivity contribution in [3.63, 3.8) is 0 Å². The zero-order chi connectivity index (χ0) is 18.9. The Balaban J connectivity index is 1.77. The zero-order valence-electron chi connectivity index (χ0n) is 16.5. The van der Waals surface area contributed by atoms with Crippen molar-refractivity contribution in [2.45, 2.75) is 49.5 Å². The lowest BCUT2D eigenvalue weighted by Gasteiger charge is -2.45. The third-order valence-electron chi connectivity index (χ3n) is 5.63. The largest absolute Gasteiger partial charge is 0.339 e. The molecule has 3 rings (SSSR count). The minimum atomic E-state index is 0.664. The molecule has 1 saturated heterocycles. The zero-order valence-corrected chi connectivity index (χ0v) is 18.2. The van der Waals surface area contributed by atoms with Crippen LogP contribution in [0, 0.1) is 5.92 Å². The lowest BCUT2D eigenvalue weighted by Crippen LogP contribution is -2.52. The third-order valence-corrected chi connectivity index (χ3v) is 7.42. The first-order chi connectivity index (χ1) is 13.3. The van der Waals surface area contributed by atoms with Crippen LogP contribution in [0.1, 0.15) is 38.5 Å². The number of rotatable bonds is 7. The molecular formula is C21H34N4S2. The van der Waals surface area contributed by atoms with E-state index < -0.39 is 0 Å². The van der Waals surface area contributed by atoms with Crippen molar-refractivity contribution >= 4 is 35.2 Å². The SMILES string of the molecule is CSc1ccccc1NC(=NCCSCCN)N1CCCC2CCCCC21. The van der Waals surface area contributed by atoms with Crippen LogP contribution in [-0.2, 0) is 0 Å². The molecule has 2 fully saturated rings. The van der Waals surface area contributed by atoms with Crippen LogP contribution in [0.25, 0.3) is 0 Å². The molecule has 2 unspecified atom stereocenters. The number of para-hydroxylation sites is 1. The Morgan fingerprint density at radius 3 is 2.85 bits per heavy atom. The number of benzene rings is 1. The van der Waals surface area contributed by atoms with E-state index in [4.69, 9.17) is 10.7 Å². The van der Waals surface area contributed by atoms with Crippen molar-refractivity contribution < 1.29 is 0 Å². The Morgan fingerprint density at radius 2 is 2.00 bits per heavy atom. The topological polar surface area (TPSA) is 53.6 Å². The van der Waals surface area contributed by atoms with Crippen LogP contribution >= 0.6 is 23.5 Å². The van der Waals surface area contributed by atoms with Crippen molar-refractivity contribution in [1.29, 1.82) is 0 Å². The summed E-state index contributed by atoms with van der Waals surface area (Å²) >= 11 is 3.68. The van der Waals surface area contributed by atoms with E-state index in [1.54, 1.807) is 11.8 Å². The smallest absolute Gasteiger partial charge is 0.198 e. The second kappa shape index (κ2) is 11.2. The highest BCUT2D eigenvalue weighted by Crippen LogP contribution is 2.36. The van der Waals surface area contributed by atoms with Gasteiger partial charge in [-0.25, -0.2) is 0 Å². The van der Waals surface area contributed by atoms with Crippen molar-refractivity contribution in [2.24, 2.45) is 16.6 Å². The minimum Gasteiger partial charge on any atom is -0.339 e. The normalized spacial score (nSPS) is 23.2. The van der Waals surface area contributed by atoms with E-state index >= 15 is 0 Å². The van der Waals surface area contributed by atoms with Crippen LogP contribution in [-0.4, -0.2) is 54.3 Å². The molecule has 27 heavy (non-hydrogen) atoms. The number of aliphatic imine (C=N–C) groups is 1. The number of hydrogen-bond donors (Lipinski definition) is 2. The second-order valence-corrected chi connectivity index (χ2v) is 9.45. The van der Waals surface area contributed by atoms with Gasteiger partial charge in [0.1, 0.15) is 0 Å². The summed E-state index contributed by atoms with van der Waals surface area (Å²) in [6.45, 7) is 2.73. The van der Waals surface area contributed by atoms with Gasteiger partial charge in [0.2, 0.25) is 0 Å². The molecule has 1 aromatic carbocycles. The van der Waals surface area contributed by atoms with Crippen LogP contribution < -0.4 is 11.1 Å². The van der Waals surface area contributed by atoms with E-state index in [0.29, 0.717) is 6.04 Å². The van der Waals surface area contributed by atoms with Gasteiger partial charge in [-0.2, -0.15) is 11.8 Å². The van der Waals surface area contributed by atoms with Gasteiger partial charge in [0, 0.05) is 35.5 Å². The van der Waals surface area contributed by atoms with Gasteiger partial charge in [0.15, 0.2) is 5.96 Å². The number of thioether (sulfide) groups is 2. The fourth-order valence-electron chi connectivity index (χ4n) is 4.36. The average Bonchev–Trinajstić information content (AvgIpc) is 2.72. The highest BCUT2D eigenvalue weighted by Gasteiger charge is 2.35. The summed E-state index contributed by atoms with van der Waals surface area (Å²) in [7, 11) is 0. The number of fused-ring (bicyclic) bond motifs is 1. The average molecular weight is 407 g/mol. The molecule has 0 bridgehead atoms. The number of anilines is 1. The fraction of sp³-hybridized carbons (Fsp3) is 0.667. The van der Waals surface area contributed by atoms with E-state index in [1.807, 2.05) is 11.8 Å². The number of nitrogens with one attached hydrogen (secondary N) is 1. The monoisotopic (exact) mass is 406 g/mol. The lowest BCUT2D eigenvalue weighted by molar-refractivity contribution is 0.119. The summed E-state index contributed by atoms with van der Waals surface area (Å²) in [6.07, 6.45) is 10.3. The number of hydrogen-bond acceptors (Lipinski definition) is 4. The number of guanidine groups is 1. The van der Waals surface area contributed by atoms with Gasteiger partial charge in [0.05, 0.1) is 12.2 Å². The van der Waals surface area contributed by atoms with Gasteiger partial charge in [0.25, 0.3) is 0 Å². The molecular weight excluding hydrogens is 372 g/mol. The Kier molecular flexibility index (Phi) is 8.68. The molecule has 6 heteroatoms. The molecule has 0 aromatic heterocycles. The number of nitrogens with zero attached hydrogens (tertiary/aromatic N) is 2. The fourth-order valence-corrected chi connectivity index (χ4v) is 5.50. The predicted octanol–water partition coefficient (Wildman–Crippen LogP) is 4.52. The summed E-state index contributed by atoms with van der Waals surface area (Å²) in [5, 5.41) is 3.71. The standard InChI is InChI=1S/C21H34N4S2/c1-26-20-11-5-3-9-18(20)24-21(23-13-16-27-15-12-22)25-14-6-8-17-7-2-4-10-19(17)25/h3,5,9,11,17,19H,2,4,6-8,10,12-16,22H2,1H3,(H,23,24). The van der Waals surface area contributed by atoms with E-state index in [0.717, 1.165) is 43.0 Å². The molecule has 1 saturated carbocycles. The van der Waals surface area contributed by atoms with E-state index in [-0.39, 0.29) is 0 Å². The van der Waals surface area contributed by atoms with Crippen LogP contribution in [0.15, 0.2) is 34.2 Å². The Hall–Kier alpha value is -0.850.